The first-order chi connectivity index (χ1) is 12.5. The minimum absolute atomic E-state index is 0.0756. The van der Waals surface area contributed by atoms with Crippen molar-refractivity contribution in [1.82, 2.24) is 24.7 Å². The molecule has 0 saturated carbocycles. The lowest BCUT2D eigenvalue weighted by Gasteiger charge is -2.35. The molecule has 1 aromatic heterocycles. The number of nitrogens with one attached hydrogen (secondary N) is 1. The lowest BCUT2D eigenvalue weighted by molar-refractivity contribution is 0.0621. The molecule has 0 spiro atoms. The Morgan fingerprint density at radius 1 is 1.35 bits per heavy atom. The molecule has 1 fully saturated rings. The van der Waals surface area contributed by atoms with Crippen molar-refractivity contribution in [2.75, 3.05) is 33.2 Å². The van der Waals surface area contributed by atoms with Crippen LogP contribution in [0.2, 0.25) is 0 Å². The fourth-order valence-corrected chi connectivity index (χ4v) is 3.19. The maximum atomic E-state index is 13.2. The third-order valence-electron chi connectivity index (χ3n) is 4.84. The van der Waals surface area contributed by atoms with E-state index in [0.29, 0.717) is 30.8 Å². The quantitative estimate of drug-likeness (QED) is 0.897. The monoisotopic (exact) mass is 355 g/mol. The van der Waals surface area contributed by atoms with Crippen LogP contribution in [0.15, 0.2) is 36.7 Å². The molecular formula is C19H25N5O2. The van der Waals surface area contributed by atoms with Gasteiger partial charge in [-0.15, -0.1) is 0 Å². The van der Waals surface area contributed by atoms with Gasteiger partial charge in [-0.3, -0.25) is 9.59 Å². The molecule has 26 heavy (non-hydrogen) atoms. The van der Waals surface area contributed by atoms with Gasteiger partial charge in [-0.05, 0) is 25.1 Å². The molecule has 138 valence electrons. The van der Waals surface area contributed by atoms with Gasteiger partial charge in [-0.2, -0.15) is 0 Å². The molecule has 7 heteroatoms. The normalized spacial score (nSPS) is 17.2. The highest BCUT2D eigenvalue weighted by molar-refractivity contribution is 5.99. The maximum Gasteiger partial charge on any atom is 0.254 e. The lowest BCUT2D eigenvalue weighted by atomic mass is 10.1. The van der Waals surface area contributed by atoms with E-state index in [0.717, 1.165) is 12.4 Å². The average molecular weight is 355 g/mol. The molecule has 0 aliphatic carbocycles. The highest BCUT2D eigenvalue weighted by Crippen LogP contribution is 2.23. The Hall–Kier alpha value is -2.67. The number of hydrogen-bond acceptors (Lipinski definition) is 4. The van der Waals surface area contributed by atoms with Crippen LogP contribution in [0.5, 0.6) is 0 Å². The second kappa shape index (κ2) is 7.70. The van der Waals surface area contributed by atoms with Gasteiger partial charge >= 0.3 is 0 Å². The number of carbonyl (C=O) groups is 2. The van der Waals surface area contributed by atoms with E-state index < -0.39 is 0 Å². The van der Waals surface area contributed by atoms with Crippen molar-refractivity contribution in [2.24, 2.45) is 7.05 Å². The van der Waals surface area contributed by atoms with Gasteiger partial charge in [0, 0.05) is 63.8 Å². The standard InChI is InChI=1S/C19H25N5O2/c1-4-22(2)18(25)14-6-5-7-15(12-14)19(26)24-11-8-20-13-16(24)17-21-9-10-23(17)3/h5-7,9-10,12,16,20H,4,8,11,13H2,1-3H3. The van der Waals surface area contributed by atoms with E-state index in [1.54, 1.807) is 42.4 Å². The third kappa shape index (κ3) is 3.48. The Balaban J connectivity index is 1.88. The highest BCUT2D eigenvalue weighted by Gasteiger charge is 2.31. The summed E-state index contributed by atoms with van der Waals surface area (Å²) in [7, 11) is 3.68. The Morgan fingerprint density at radius 2 is 2.12 bits per heavy atom. The molecule has 0 bridgehead atoms. The average Bonchev–Trinajstić information content (AvgIpc) is 3.12. The number of aryl methyl sites for hydroxylation is 1. The first-order valence-electron chi connectivity index (χ1n) is 8.87. The van der Waals surface area contributed by atoms with E-state index in [4.69, 9.17) is 0 Å². The molecule has 1 atom stereocenters. The summed E-state index contributed by atoms with van der Waals surface area (Å²) in [6.07, 6.45) is 3.62. The summed E-state index contributed by atoms with van der Waals surface area (Å²) < 4.78 is 1.94. The van der Waals surface area contributed by atoms with Crippen LogP contribution < -0.4 is 5.32 Å². The first-order valence-corrected chi connectivity index (χ1v) is 8.87. The van der Waals surface area contributed by atoms with Gasteiger partial charge in [0.2, 0.25) is 0 Å². The van der Waals surface area contributed by atoms with E-state index in [2.05, 4.69) is 10.3 Å². The number of piperazine rings is 1. The molecule has 0 radical (unpaired) electrons. The van der Waals surface area contributed by atoms with Gasteiger partial charge in [0.1, 0.15) is 11.9 Å². The SMILES string of the molecule is CCN(C)C(=O)c1cccc(C(=O)N2CCNCC2c2nccn2C)c1. The van der Waals surface area contributed by atoms with Gasteiger partial charge in [0.25, 0.3) is 11.8 Å². The van der Waals surface area contributed by atoms with Gasteiger partial charge in [0.05, 0.1) is 0 Å². The number of carbonyl (C=O) groups excluding carboxylic acids is 2. The largest absolute Gasteiger partial charge is 0.342 e. The second-order valence-electron chi connectivity index (χ2n) is 6.51. The van der Waals surface area contributed by atoms with E-state index in [1.807, 2.05) is 29.6 Å². The zero-order valence-corrected chi connectivity index (χ0v) is 15.5. The van der Waals surface area contributed by atoms with Crippen LogP contribution in [-0.2, 0) is 7.05 Å². The molecule has 1 N–H and O–H groups in total. The molecule has 2 amide bonds. The van der Waals surface area contributed by atoms with Crippen molar-refractivity contribution in [3.8, 4) is 0 Å². The fourth-order valence-electron chi connectivity index (χ4n) is 3.19. The van der Waals surface area contributed by atoms with Crippen molar-refractivity contribution >= 4 is 11.8 Å². The number of amides is 2. The number of hydrogen-bond donors (Lipinski definition) is 1. The van der Waals surface area contributed by atoms with Crippen LogP contribution >= 0.6 is 0 Å². The van der Waals surface area contributed by atoms with Crippen molar-refractivity contribution in [2.45, 2.75) is 13.0 Å². The number of nitrogens with zero attached hydrogens (tertiary/aromatic N) is 4. The number of aromatic nitrogens is 2. The van der Waals surface area contributed by atoms with Crippen molar-refractivity contribution in [3.63, 3.8) is 0 Å². The van der Waals surface area contributed by atoms with E-state index in [-0.39, 0.29) is 17.9 Å². The first kappa shape index (κ1) is 18.1. The summed E-state index contributed by atoms with van der Waals surface area (Å²) in [6.45, 7) is 4.54. The Bertz CT molecular complexity index is 801. The van der Waals surface area contributed by atoms with Crippen LogP contribution in [0.1, 0.15) is 39.5 Å². The number of benzene rings is 1. The van der Waals surface area contributed by atoms with Crippen LogP contribution in [0, 0.1) is 0 Å². The van der Waals surface area contributed by atoms with Crippen LogP contribution in [0.4, 0.5) is 0 Å². The summed E-state index contributed by atoms with van der Waals surface area (Å²) in [5.41, 5.74) is 1.06. The van der Waals surface area contributed by atoms with Crippen molar-refractivity contribution in [1.29, 1.82) is 0 Å². The summed E-state index contributed by atoms with van der Waals surface area (Å²) in [6, 6.07) is 6.84. The van der Waals surface area contributed by atoms with Crippen LogP contribution in [0.25, 0.3) is 0 Å². The topological polar surface area (TPSA) is 70.5 Å². The Labute approximate surface area is 153 Å². The van der Waals surface area contributed by atoms with Gasteiger partial charge < -0.3 is 19.7 Å². The van der Waals surface area contributed by atoms with Gasteiger partial charge in [0.15, 0.2) is 0 Å². The fraction of sp³-hybridized carbons (Fsp3) is 0.421. The van der Waals surface area contributed by atoms with E-state index in [1.165, 1.54) is 0 Å². The van der Waals surface area contributed by atoms with E-state index in [9.17, 15) is 9.59 Å². The molecule has 7 nitrogen and oxygen atoms in total. The molecule has 3 rings (SSSR count). The van der Waals surface area contributed by atoms with Crippen LogP contribution in [-0.4, -0.2) is 64.4 Å². The molecule has 1 unspecified atom stereocenters. The van der Waals surface area contributed by atoms with Gasteiger partial charge in [-0.1, -0.05) is 6.07 Å². The second-order valence-corrected chi connectivity index (χ2v) is 6.51. The van der Waals surface area contributed by atoms with E-state index >= 15 is 0 Å². The molecular weight excluding hydrogens is 330 g/mol. The zero-order valence-electron chi connectivity index (χ0n) is 15.5. The highest BCUT2D eigenvalue weighted by atomic mass is 16.2. The number of imidazole rings is 1. The number of rotatable bonds is 4. The summed E-state index contributed by atoms with van der Waals surface area (Å²) in [5.74, 6) is 0.694. The predicted octanol–water partition coefficient (Wildman–Crippen LogP) is 1.30. The Kier molecular flexibility index (Phi) is 5.37. The summed E-state index contributed by atoms with van der Waals surface area (Å²) >= 11 is 0. The van der Waals surface area contributed by atoms with Crippen molar-refractivity contribution in [3.05, 3.63) is 53.6 Å². The van der Waals surface area contributed by atoms with Crippen molar-refractivity contribution < 1.29 is 9.59 Å². The summed E-state index contributed by atoms with van der Waals surface area (Å²) in [5, 5.41) is 3.33. The summed E-state index contributed by atoms with van der Waals surface area (Å²) in [4.78, 5) is 33.5. The molecule has 1 aliphatic rings. The molecule has 1 aliphatic heterocycles. The Morgan fingerprint density at radius 3 is 2.81 bits per heavy atom. The molecule has 2 aromatic rings. The molecule has 1 saturated heterocycles. The third-order valence-corrected chi connectivity index (χ3v) is 4.84. The smallest absolute Gasteiger partial charge is 0.254 e. The molecule has 1 aromatic carbocycles. The zero-order chi connectivity index (χ0) is 18.7. The van der Waals surface area contributed by atoms with Gasteiger partial charge in [-0.25, -0.2) is 4.98 Å². The van der Waals surface area contributed by atoms with Crippen LogP contribution in [0.3, 0.4) is 0 Å². The minimum Gasteiger partial charge on any atom is -0.342 e. The maximum absolute atomic E-state index is 13.2. The minimum atomic E-state index is -0.131. The molecule has 2 heterocycles. The lowest BCUT2D eigenvalue weighted by Crippen LogP contribution is -2.49. The predicted molar refractivity (Wildman–Crippen MR) is 98.9 cm³/mol.